The molecule has 2 aliphatic rings. The number of halogens is 1. The first kappa shape index (κ1) is 41.6. The molecular weight excluding hydrogens is 784 g/mol. The van der Waals surface area contributed by atoms with E-state index >= 15 is 0 Å². The molecule has 0 fully saturated rings. The highest BCUT2D eigenvalue weighted by atomic mass is 35.5. The summed E-state index contributed by atoms with van der Waals surface area (Å²) in [7, 11) is 0. The van der Waals surface area contributed by atoms with E-state index in [1.807, 2.05) is 53.7 Å². The number of carbonyl (C=O) groups is 1. The van der Waals surface area contributed by atoms with Crippen LogP contribution in [-0.2, 0) is 0 Å². The first-order chi connectivity index (χ1) is 29.0. The number of nitrogens with one attached hydrogen (secondary N) is 2. The molecule has 61 heavy (non-hydrogen) atoms. The van der Waals surface area contributed by atoms with E-state index in [4.69, 9.17) is 26.0 Å². The lowest BCUT2D eigenvalue weighted by Crippen LogP contribution is -2.28. The predicted molar refractivity (Wildman–Crippen MR) is 245 cm³/mol. The maximum absolute atomic E-state index is 14.4. The highest BCUT2D eigenvalue weighted by molar-refractivity contribution is 6.31. The lowest BCUT2D eigenvalue weighted by Gasteiger charge is -2.27. The van der Waals surface area contributed by atoms with Crippen LogP contribution in [0.5, 0.6) is 5.75 Å². The second-order valence-electron chi connectivity index (χ2n) is 16.5. The van der Waals surface area contributed by atoms with Crippen LogP contribution in [0, 0.1) is 34.6 Å². The summed E-state index contributed by atoms with van der Waals surface area (Å²) in [6.45, 7) is 17.8. The van der Waals surface area contributed by atoms with Crippen LogP contribution in [0.2, 0.25) is 5.02 Å². The fourth-order valence-corrected chi connectivity index (χ4v) is 9.22. The number of aryl methyl sites for hydroxylation is 5. The zero-order chi connectivity index (χ0) is 43.6. The zero-order valence-electron chi connectivity index (χ0n) is 35.8. The third kappa shape index (κ3) is 7.30. The molecule has 3 heterocycles. The Hall–Kier alpha value is -6.13. The average molecular weight is 833 g/mol. The van der Waals surface area contributed by atoms with Gasteiger partial charge in [-0.1, -0.05) is 66.2 Å². The topological polar surface area (TPSA) is 138 Å². The number of aromatic nitrogens is 2. The molecule has 4 aromatic carbocycles. The van der Waals surface area contributed by atoms with Crippen LogP contribution in [0.4, 0.5) is 0 Å². The number of rotatable bonds is 10. The normalized spacial score (nSPS) is 13.9. The van der Waals surface area contributed by atoms with Crippen LogP contribution in [-0.4, -0.2) is 26.2 Å². The van der Waals surface area contributed by atoms with Crippen molar-refractivity contribution in [3.8, 4) is 28.2 Å². The van der Waals surface area contributed by atoms with Gasteiger partial charge in [-0.2, -0.15) is 0 Å². The Morgan fingerprint density at radius 2 is 1.20 bits per heavy atom. The molecule has 10 heteroatoms. The molecule has 310 valence electrons. The first-order valence-electron chi connectivity index (χ1n) is 20.6. The molecule has 8 rings (SSSR count). The maximum Gasteiger partial charge on any atom is 0.336 e. The summed E-state index contributed by atoms with van der Waals surface area (Å²) in [5.41, 5.74) is 10.5. The van der Waals surface area contributed by atoms with Crippen LogP contribution >= 0.6 is 11.6 Å². The van der Waals surface area contributed by atoms with Gasteiger partial charge in [0.1, 0.15) is 17.1 Å². The summed E-state index contributed by atoms with van der Waals surface area (Å²) in [4.78, 5) is 37.1. The fourth-order valence-electron chi connectivity index (χ4n) is 9.01. The van der Waals surface area contributed by atoms with Gasteiger partial charge in [0.2, 0.25) is 5.43 Å². The highest BCUT2D eigenvalue weighted by Crippen LogP contribution is 2.48. The van der Waals surface area contributed by atoms with Gasteiger partial charge >= 0.3 is 5.97 Å². The van der Waals surface area contributed by atoms with Gasteiger partial charge in [0, 0.05) is 62.8 Å². The molecule has 2 aromatic heterocycles. The van der Waals surface area contributed by atoms with Crippen LogP contribution in [0.1, 0.15) is 113 Å². The number of pyridine rings is 2. The SMILES string of the molecule is Cc1ccc2c(C)ccc(C(C)NC(C)c3c4oc5c(C(C)NC(C)c6ccc(C)c7ccc(C)nc67)c(O)c(C)cc5c(-c5ccccc5C(=O)O)c-4cc(Cl)c3=O)c2n1. The van der Waals surface area contributed by atoms with Crippen molar-refractivity contribution >= 4 is 50.3 Å². The number of carboxylic acids is 1. The van der Waals surface area contributed by atoms with Crippen molar-refractivity contribution in [3.63, 3.8) is 0 Å². The average Bonchev–Trinajstić information content (AvgIpc) is 3.21. The van der Waals surface area contributed by atoms with Crippen LogP contribution < -0.4 is 16.1 Å². The van der Waals surface area contributed by atoms with Gasteiger partial charge in [0.05, 0.1) is 32.7 Å². The molecule has 0 saturated carbocycles. The number of carboxylic acid groups (broad SMARTS) is 1. The number of phenolic OH excluding ortho intramolecular Hbond substituents is 1. The van der Waals surface area contributed by atoms with Gasteiger partial charge in [-0.25, -0.2) is 4.79 Å². The molecule has 0 amide bonds. The Morgan fingerprint density at radius 3 is 1.75 bits per heavy atom. The number of phenols is 1. The molecule has 1 aliphatic carbocycles. The predicted octanol–water partition coefficient (Wildman–Crippen LogP) is 12.1. The third-order valence-electron chi connectivity index (χ3n) is 12.2. The van der Waals surface area contributed by atoms with E-state index in [0.717, 1.165) is 55.4 Å². The van der Waals surface area contributed by atoms with Crippen molar-refractivity contribution in [3.05, 3.63) is 156 Å². The van der Waals surface area contributed by atoms with Gasteiger partial charge < -0.3 is 25.3 Å². The molecule has 4 N–H and O–H groups in total. The number of aromatic carboxylic acids is 1. The molecule has 4 unspecified atom stereocenters. The van der Waals surface area contributed by atoms with Gasteiger partial charge in [-0.15, -0.1) is 0 Å². The van der Waals surface area contributed by atoms with Crippen molar-refractivity contribution in [1.82, 2.24) is 20.6 Å². The van der Waals surface area contributed by atoms with Gasteiger partial charge in [0.15, 0.2) is 0 Å². The van der Waals surface area contributed by atoms with Crippen LogP contribution in [0.3, 0.4) is 0 Å². The Balaban J connectivity index is 1.35. The van der Waals surface area contributed by atoms with E-state index in [2.05, 4.69) is 67.8 Å². The van der Waals surface area contributed by atoms with Crippen LogP contribution in [0.15, 0.2) is 94.1 Å². The maximum atomic E-state index is 14.4. The second-order valence-corrected chi connectivity index (χ2v) is 16.9. The number of aromatic hydroxyl groups is 1. The third-order valence-corrected chi connectivity index (χ3v) is 12.4. The number of hydrogen-bond acceptors (Lipinski definition) is 8. The summed E-state index contributed by atoms with van der Waals surface area (Å²) in [6, 6.07) is 25.0. The number of fused-ring (bicyclic) bond motifs is 4. The molecule has 0 bridgehead atoms. The van der Waals surface area contributed by atoms with Gasteiger partial charge in [-0.3, -0.25) is 14.8 Å². The summed E-state index contributed by atoms with van der Waals surface area (Å²) in [5, 5.41) is 32.5. The van der Waals surface area contributed by atoms with Crippen molar-refractivity contribution in [1.29, 1.82) is 0 Å². The van der Waals surface area contributed by atoms with E-state index < -0.39 is 23.5 Å². The van der Waals surface area contributed by atoms with E-state index in [1.54, 1.807) is 36.4 Å². The van der Waals surface area contributed by atoms with Crippen LogP contribution in [0.25, 0.3) is 55.2 Å². The summed E-state index contributed by atoms with van der Waals surface area (Å²) in [5.74, 6) is -0.855. The van der Waals surface area contributed by atoms with Crippen molar-refractivity contribution in [2.45, 2.75) is 86.5 Å². The standard InChI is InChI=1S/C51H49ClN4O5/c1-24-14-18-35(45-33(24)20-16-27(4)53-45)29(6)55-31(8)42-47(57)26(3)22-39-44(37-12-10-11-13-38(37)51(59)60)40-23-41(52)48(58)43(50(40)61-49(39)42)32(9)56-30(7)36-19-15-25(2)34-21-17-28(5)54-46(34)36/h10-23,29-32,55-57H,1-9H3,(H,59,60). The van der Waals surface area contributed by atoms with Gasteiger partial charge in [0.25, 0.3) is 0 Å². The van der Waals surface area contributed by atoms with E-state index in [1.165, 1.54) is 0 Å². The molecule has 9 nitrogen and oxygen atoms in total. The monoisotopic (exact) mass is 832 g/mol. The van der Waals surface area contributed by atoms with E-state index in [9.17, 15) is 19.8 Å². The molecule has 6 aromatic rings. The molecule has 0 saturated heterocycles. The largest absolute Gasteiger partial charge is 0.507 e. The Bertz CT molecular complexity index is 3100. The number of nitrogens with zero attached hydrogens (tertiary/aromatic N) is 2. The minimum Gasteiger partial charge on any atom is -0.507 e. The fraction of sp³-hybridized carbons (Fsp3) is 0.255. The quantitative estimate of drug-likeness (QED) is 0.0992. The highest BCUT2D eigenvalue weighted by Gasteiger charge is 2.32. The van der Waals surface area contributed by atoms with Crippen molar-refractivity contribution in [2.24, 2.45) is 0 Å². The first-order valence-corrected chi connectivity index (χ1v) is 21.0. The minimum absolute atomic E-state index is 0.0229. The number of hydrogen-bond donors (Lipinski definition) is 4. The summed E-state index contributed by atoms with van der Waals surface area (Å²) < 4.78 is 6.99. The number of benzene rings is 5. The Labute approximate surface area is 359 Å². The zero-order valence-corrected chi connectivity index (χ0v) is 36.5. The Kier molecular flexibility index (Phi) is 10.9. The molecule has 0 radical (unpaired) electrons. The smallest absolute Gasteiger partial charge is 0.336 e. The minimum atomic E-state index is -1.11. The molecule has 0 spiro atoms. The molecule has 4 atom stereocenters. The summed E-state index contributed by atoms with van der Waals surface area (Å²) >= 11 is 6.87. The molecule has 1 aliphatic heterocycles. The second kappa shape index (κ2) is 16.0. The summed E-state index contributed by atoms with van der Waals surface area (Å²) in [6.07, 6.45) is 0. The van der Waals surface area contributed by atoms with Gasteiger partial charge in [-0.05, 0) is 126 Å². The van der Waals surface area contributed by atoms with E-state index in [0.29, 0.717) is 38.8 Å². The molecular formula is C51H49ClN4O5. The van der Waals surface area contributed by atoms with Crippen molar-refractivity contribution in [2.75, 3.05) is 0 Å². The van der Waals surface area contributed by atoms with Crippen molar-refractivity contribution < 1.29 is 19.4 Å². The Morgan fingerprint density at radius 1 is 0.656 bits per heavy atom. The lowest BCUT2D eigenvalue weighted by atomic mass is 9.86. The van der Waals surface area contributed by atoms with E-state index in [-0.39, 0.29) is 39.7 Å². The lowest BCUT2D eigenvalue weighted by molar-refractivity contribution is 0.0697.